The van der Waals surface area contributed by atoms with E-state index in [4.69, 9.17) is 9.47 Å². The number of nitrogens with one attached hydrogen (secondary N) is 1. The fraction of sp³-hybridized carbons (Fsp3) is 0.280. The number of nitrogens with zero attached hydrogens (tertiary/aromatic N) is 3. The van der Waals surface area contributed by atoms with E-state index in [1.165, 1.54) is 21.9 Å². The summed E-state index contributed by atoms with van der Waals surface area (Å²) in [7, 11) is 0. The Hall–Kier alpha value is -3.72. The molecular formula is C25H26N4O4S. The molecule has 176 valence electrons. The molecule has 34 heavy (non-hydrogen) atoms. The fourth-order valence-corrected chi connectivity index (χ4v) is 4.35. The Morgan fingerprint density at radius 3 is 2.59 bits per heavy atom. The number of fused-ring (bicyclic) bond motifs is 1. The highest BCUT2D eigenvalue weighted by atomic mass is 32.1. The van der Waals surface area contributed by atoms with Crippen molar-refractivity contribution in [3.8, 4) is 11.5 Å². The highest BCUT2D eigenvalue weighted by molar-refractivity contribution is 7.16. The monoisotopic (exact) mass is 478 g/mol. The van der Waals surface area contributed by atoms with E-state index in [1.54, 1.807) is 43.3 Å². The fourth-order valence-electron chi connectivity index (χ4n) is 3.22. The molecule has 0 spiro atoms. The predicted octanol–water partition coefficient (Wildman–Crippen LogP) is 4.33. The molecular weight excluding hydrogens is 452 g/mol. The van der Waals surface area contributed by atoms with E-state index in [2.05, 4.69) is 29.2 Å². The minimum Gasteiger partial charge on any atom is -0.487 e. The molecule has 8 nitrogen and oxygen atoms in total. The summed E-state index contributed by atoms with van der Waals surface area (Å²) in [5.74, 6) is 1.34. The zero-order valence-electron chi connectivity index (χ0n) is 19.2. The van der Waals surface area contributed by atoms with Gasteiger partial charge in [0.25, 0.3) is 11.5 Å². The van der Waals surface area contributed by atoms with Crippen LogP contribution in [-0.4, -0.2) is 26.6 Å². The SMILES string of the molecule is CC(C)Cc1nn2c(=O)cc(COc3cccc(NC(=O)C(C)Oc4ccccc4)c3)nc2s1. The summed E-state index contributed by atoms with van der Waals surface area (Å²) in [6.07, 6.45) is 0.128. The van der Waals surface area contributed by atoms with Gasteiger partial charge < -0.3 is 14.8 Å². The molecule has 0 aliphatic carbocycles. The maximum absolute atomic E-state index is 12.5. The minimum absolute atomic E-state index is 0.119. The molecule has 2 aromatic carbocycles. The normalized spacial score (nSPS) is 12.0. The molecule has 0 saturated carbocycles. The Labute approximate surface area is 201 Å². The van der Waals surface area contributed by atoms with Crippen LogP contribution in [0.25, 0.3) is 4.96 Å². The molecule has 4 aromatic rings. The van der Waals surface area contributed by atoms with Gasteiger partial charge in [-0.05, 0) is 37.1 Å². The standard InChI is InChI=1S/C25H26N4O4S/c1-16(2)12-22-28-29-23(30)14-19(27-25(29)34-22)15-32-21-11-7-8-18(13-21)26-24(31)17(3)33-20-9-5-4-6-10-20/h4-11,13-14,16-17H,12,15H2,1-3H3,(H,26,31). The second kappa shape index (κ2) is 10.5. The Morgan fingerprint density at radius 2 is 1.82 bits per heavy atom. The van der Waals surface area contributed by atoms with Crippen LogP contribution in [0, 0.1) is 5.92 Å². The lowest BCUT2D eigenvalue weighted by molar-refractivity contribution is -0.122. The maximum atomic E-state index is 12.5. The molecule has 2 aromatic heterocycles. The third-order valence-electron chi connectivity index (χ3n) is 4.84. The van der Waals surface area contributed by atoms with Crippen molar-refractivity contribution in [2.24, 2.45) is 5.92 Å². The molecule has 9 heteroatoms. The zero-order valence-corrected chi connectivity index (χ0v) is 20.0. The van der Waals surface area contributed by atoms with Gasteiger partial charge in [0, 0.05) is 24.2 Å². The lowest BCUT2D eigenvalue weighted by atomic mass is 10.1. The van der Waals surface area contributed by atoms with Gasteiger partial charge in [-0.25, -0.2) is 4.98 Å². The van der Waals surface area contributed by atoms with Gasteiger partial charge >= 0.3 is 0 Å². The van der Waals surface area contributed by atoms with Crippen molar-refractivity contribution in [1.82, 2.24) is 14.6 Å². The van der Waals surface area contributed by atoms with Crippen molar-refractivity contribution in [2.75, 3.05) is 5.32 Å². The number of carbonyl (C=O) groups is 1. The number of hydrogen-bond acceptors (Lipinski definition) is 7. The van der Waals surface area contributed by atoms with Crippen LogP contribution < -0.4 is 20.3 Å². The van der Waals surface area contributed by atoms with Gasteiger partial charge in [-0.3, -0.25) is 9.59 Å². The van der Waals surface area contributed by atoms with Crippen LogP contribution >= 0.6 is 11.3 Å². The third-order valence-corrected chi connectivity index (χ3v) is 5.77. The first-order valence-corrected chi connectivity index (χ1v) is 11.8. The van der Waals surface area contributed by atoms with Crippen LogP contribution in [0.2, 0.25) is 0 Å². The zero-order chi connectivity index (χ0) is 24.1. The first-order chi connectivity index (χ1) is 16.4. The number of ether oxygens (including phenoxy) is 2. The summed E-state index contributed by atoms with van der Waals surface area (Å²) in [6, 6.07) is 17.6. The number of amides is 1. The van der Waals surface area contributed by atoms with Crippen molar-refractivity contribution in [1.29, 1.82) is 0 Å². The number of aromatic nitrogens is 3. The second-order valence-electron chi connectivity index (χ2n) is 8.25. The number of rotatable bonds is 9. The Kier molecular flexibility index (Phi) is 7.22. The molecule has 0 aliphatic rings. The summed E-state index contributed by atoms with van der Waals surface area (Å²) in [6.45, 7) is 6.02. The second-order valence-corrected chi connectivity index (χ2v) is 9.29. The summed E-state index contributed by atoms with van der Waals surface area (Å²) >= 11 is 1.41. The highest BCUT2D eigenvalue weighted by Crippen LogP contribution is 2.20. The van der Waals surface area contributed by atoms with Gasteiger partial charge in [0.1, 0.15) is 23.1 Å². The summed E-state index contributed by atoms with van der Waals surface area (Å²) in [4.78, 5) is 30.0. The van der Waals surface area contributed by atoms with E-state index < -0.39 is 6.10 Å². The first-order valence-electron chi connectivity index (χ1n) is 11.0. The third kappa shape index (κ3) is 5.99. The van der Waals surface area contributed by atoms with Crippen LogP contribution in [-0.2, 0) is 17.8 Å². The number of benzene rings is 2. The average molecular weight is 479 g/mol. The van der Waals surface area contributed by atoms with E-state index in [1.807, 2.05) is 18.2 Å². The molecule has 1 N–H and O–H groups in total. The number of carbonyl (C=O) groups excluding carboxylic acids is 1. The van der Waals surface area contributed by atoms with Gasteiger partial charge in [-0.15, -0.1) is 0 Å². The van der Waals surface area contributed by atoms with Crippen molar-refractivity contribution < 1.29 is 14.3 Å². The van der Waals surface area contributed by atoms with E-state index in [-0.39, 0.29) is 18.1 Å². The highest BCUT2D eigenvalue weighted by Gasteiger charge is 2.15. The Balaban J connectivity index is 1.39. The molecule has 2 heterocycles. The van der Waals surface area contributed by atoms with Crippen LogP contribution in [0.1, 0.15) is 31.5 Å². The molecule has 0 fully saturated rings. The van der Waals surface area contributed by atoms with Crippen molar-refractivity contribution in [3.05, 3.63) is 81.7 Å². The van der Waals surface area contributed by atoms with Crippen LogP contribution in [0.3, 0.4) is 0 Å². The number of anilines is 1. The molecule has 0 saturated heterocycles. The average Bonchev–Trinajstić information content (AvgIpc) is 3.21. The summed E-state index contributed by atoms with van der Waals surface area (Å²) < 4.78 is 12.8. The molecule has 0 bridgehead atoms. The summed E-state index contributed by atoms with van der Waals surface area (Å²) in [5, 5.41) is 8.07. The predicted molar refractivity (Wildman–Crippen MR) is 132 cm³/mol. The minimum atomic E-state index is -0.670. The van der Waals surface area contributed by atoms with Gasteiger partial charge in [-0.2, -0.15) is 9.61 Å². The molecule has 0 aliphatic heterocycles. The smallest absolute Gasteiger partial charge is 0.275 e. The van der Waals surface area contributed by atoms with E-state index in [0.29, 0.717) is 33.8 Å². The maximum Gasteiger partial charge on any atom is 0.275 e. The van der Waals surface area contributed by atoms with Crippen LogP contribution in [0.4, 0.5) is 5.69 Å². The Morgan fingerprint density at radius 1 is 1.06 bits per heavy atom. The lowest BCUT2D eigenvalue weighted by Crippen LogP contribution is -2.30. The Bertz CT molecular complexity index is 1330. The molecule has 1 atom stereocenters. The van der Waals surface area contributed by atoms with E-state index in [0.717, 1.165) is 11.4 Å². The quantitative estimate of drug-likeness (QED) is 0.385. The van der Waals surface area contributed by atoms with E-state index >= 15 is 0 Å². The molecule has 0 radical (unpaired) electrons. The molecule has 4 rings (SSSR count). The number of hydrogen-bond donors (Lipinski definition) is 1. The van der Waals surface area contributed by atoms with Crippen molar-refractivity contribution in [2.45, 2.75) is 39.9 Å². The first kappa shape index (κ1) is 23.4. The van der Waals surface area contributed by atoms with Gasteiger partial charge in [0.2, 0.25) is 4.96 Å². The van der Waals surface area contributed by atoms with Crippen LogP contribution in [0.5, 0.6) is 11.5 Å². The lowest BCUT2D eigenvalue weighted by Gasteiger charge is -2.15. The largest absolute Gasteiger partial charge is 0.487 e. The molecule has 1 unspecified atom stereocenters. The topological polar surface area (TPSA) is 94.8 Å². The summed E-state index contributed by atoms with van der Waals surface area (Å²) in [5.41, 5.74) is 0.864. The molecule has 1 amide bonds. The number of para-hydroxylation sites is 1. The van der Waals surface area contributed by atoms with Crippen molar-refractivity contribution >= 4 is 27.9 Å². The van der Waals surface area contributed by atoms with Crippen molar-refractivity contribution in [3.63, 3.8) is 0 Å². The van der Waals surface area contributed by atoms with Crippen LogP contribution in [0.15, 0.2) is 65.5 Å². The van der Waals surface area contributed by atoms with Gasteiger partial charge in [-0.1, -0.05) is 49.4 Å². The van der Waals surface area contributed by atoms with Gasteiger partial charge in [0.15, 0.2) is 6.10 Å². The van der Waals surface area contributed by atoms with Gasteiger partial charge in [0.05, 0.1) is 5.69 Å². The van der Waals surface area contributed by atoms with E-state index in [9.17, 15) is 9.59 Å².